The number of amides is 1. The third kappa shape index (κ3) is 4.24. The lowest BCUT2D eigenvalue weighted by molar-refractivity contribution is -0.741. The van der Waals surface area contributed by atoms with Crippen LogP contribution in [-0.2, 0) is 11.8 Å². The molecule has 2 aromatic carbocycles. The fourth-order valence-electron chi connectivity index (χ4n) is 2.92. The molecule has 0 atom stereocenters. The Hall–Kier alpha value is -3.79. The maximum absolute atomic E-state index is 13.2. The Labute approximate surface area is 180 Å². The minimum Gasteiger partial charge on any atom is -0.539 e. The molecule has 0 N–H and O–H groups in total. The Kier molecular flexibility index (Phi) is 5.63. The van der Waals surface area contributed by atoms with E-state index in [9.17, 15) is 19.1 Å². The number of ketones is 1. The van der Waals surface area contributed by atoms with E-state index in [1.54, 1.807) is 30.3 Å². The molecule has 0 spiro atoms. The van der Waals surface area contributed by atoms with Gasteiger partial charge in [-0.1, -0.05) is 46.8 Å². The number of aryl methyl sites for hydroxylation is 1. The molecule has 0 saturated carbocycles. The molecule has 0 fully saturated rings. The molecule has 2 heterocycles. The van der Waals surface area contributed by atoms with Gasteiger partial charge >= 0.3 is 0 Å². The first kappa shape index (κ1) is 20.5. The fraction of sp³-hybridized carbons (Fsp3) is 0.0952. The number of anilines is 1. The lowest BCUT2D eigenvalue weighted by Crippen LogP contribution is -2.38. The van der Waals surface area contributed by atoms with Crippen LogP contribution < -0.4 is 14.7 Å². The van der Waals surface area contributed by atoms with Gasteiger partial charge in [0, 0.05) is 0 Å². The molecule has 0 unspecified atom stereocenters. The topological polar surface area (TPSA) is 103 Å². The number of Topliss-reactive ketones (excluding diaryl/α,β-unsaturated/α-hetero) is 1. The Morgan fingerprint density at radius 3 is 2.58 bits per heavy atom. The van der Waals surface area contributed by atoms with Gasteiger partial charge in [-0.3, -0.25) is 14.5 Å². The fourth-order valence-corrected chi connectivity index (χ4v) is 3.80. The third-order valence-electron chi connectivity index (χ3n) is 4.38. The standard InChI is InChI=1S/C21H15FN4O4S/c1-25-18(20(29)30-24-25)17(27)12-31-21-23-16(11-13-7-9-14(22)10-8-13)19(28)26(21)15-5-3-2-4-6-15/h2-11H,12H2,1H3/b16-11+. The maximum Gasteiger partial charge on any atom is 0.300 e. The second-order valence-electron chi connectivity index (χ2n) is 6.50. The zero-order valence-electron chi connectivity index (χ0n) is 16.2. The summed E-state index contributed by atoms with van der Waals surface area (Å²) < 4.78 is 18.7. The van der Waals surface area contributed by atoms with Crippen molar-refractivity contribution in [2.45, 2.75) is 0 Å². The van der Waals surface area contributed by atoms with Gasteiger partial charge in [0.05, 0.1) is 16.7 Å². The highest BCUT2D eigenvalue weighted by molar-refractivity contribution is 8.14. The van der Waals surface area contributed by atoms with E-state index >= 15 is 0 Å². The van der Waals surface area contributed by atoms with E-state index in [-0.39, 0.29) is 34.0 Å². The van der Waals surface area contributed by atoms with Crippen LogP contribution in [0.5, 0.6) is 5.95 Å². The zero-order chi connectivity index (χ0) is 22.0. The maximum atomic E-state index is 13.2. The van der Waals surface area contributed by atoms with Gasteiger partial charge in [0.1, 0.15) is 11.5 Å². The number of nitrogens with zero attached hydrogens (tertiary/aromatic N) is 4. The molecule has 4 rings (SSSR count). The molecule has 1 aliphatic rings. The van der Waals surface area contributed by atoms with Crippen LogP contribution in [0.25, 0.3) is 6.08 Å². The number of aliphatic imine (C=N–C) groups is 1. The smallest absolute Gasteiger partial charge is 0.300 e. The molecule has 156 valence electrons. The summed E-state index contributed by atoms with van der Waals surface area (Å²) in [5.41, 5.74) is 1.14. The van der Waals surface area contributed by atoms with Crippen LogP contribution in [0, 0.1) is 5.82 Å². The minimum absolute atomic E-state index is 0.144. The normalized spacial score (nSPS) is 14.9. The van der Waals surface area contributed by atoms with Crippen LogP contribution in [0.4, 0.5) is 10.1 Å². The number of halogens is 1. The molecular weight excluding hydrogens is 423 g/mol. The van der Waals surface area contributed by atoms with Gasteiger partial charge in [0.25, 0.3) is 11.6 Å². The monoisotopic (exact) mass is 438 g/mol. The average molecular weight is 438 g/mol. The van der Waals surface area contributed by atoms with E-state index in [1.165, 1.54) is 36.2 Å². The molecule has 1 aromatic heterocycles. The molecule has 0 radical (unpaired) electrons. The van der Waals surface area contributed by atoms with Crippen molar-refractivity contribution in [3.05, 3.63) is 77.4 Å². The van der Waals surface area contributed by atoms with Crippen LogP contribution in [0.15, 0.2) is 69.8 Å². The highest BCUT2D eigenvalue weighted by Gasteiger charge is 2.33. The summed E-state index contributed by atoms with van der Waals surface area (Å²) in [6.07, 6.45) is 1.54. The number of thioether (sulfide) groups is 1. The van der Waals surface area contributed by atoms with Crippen LogP contribution in [-0.4, -0.2) is 27.9 Å². The Bertz CT molecular complexity index is 1190. The largest absolute Gasteiger partial charge is 0.539 e. The SMILES string of the molecule is C[n+]1noc([O-])c1C(=O)CSC1=N/C(=C/c2ccc(F)cc2)C(=O)N1c1ccccc1. The van der Waals surface area contributed by atoms with Crippen LogP contribution in [0.3, 0.4) is 0 Å². The molecule has 10 heteroatoms. The summed E-state index contributed by atoms with van der Waals surface area (Å²) in [5.74, 6) is -2.25. The molecule has 8 nitrogen and oxygen atoms in total. The second kappa shape index (κ2) is 8.52. The van der Waals surface area contributed by atoms with E-state index in [0.717, 1.165) is 16.4 Å². The number of amidine groups is 1. The highest BCUT2D eigenvalue weighted by Crippen LogP contribution is 2.29. The molecule has 3 aromatic rings. The average Bonchev–Trinajstić information content (AvgIpc) is 3.27. The molecule has 0 saturated heterocycles. The van der Waals surface area contributed by atoms with Crippen molar-refractivity contribution in [3.63, 3.8) is 0 Å². The summed E-state index contributed by atoms with van der Waals surface area (Å²) in [5, 5.41) is 15.4. The van der Waals surface area contributed by atoms with Crippen molar-refractivity contribution in [1.29, 1.82) is 0 Å². The molecule has 0 aliphatic carbocycles. The van der Waals surface area contributed by atoms with Gasteiger partial charge < -0.3 is 9.63 Å². The van der Waals surface area contributed by atoms with Gasteiger partial charge in [-0.25, -0.2) is 9.38 Å². The highest BCUT2D eigenvalue weighted by atomic mass is 32.2. The van der Waals surface area contributed by atoms with Crippen molar-refractivity contribution >= 4 is 40.4 Å². The number of benzene rings is 2. The van der Waals surface area contributed by atoms with Crippen LogP contribution in [0.1, 0.15) is 16.1 Å². The summed E-state index contributed by atoms with van der Waals surface area (Å²) in [7, 11) is 1.43. The molecular formula is C21H15FN4O4S. The van der Waals surface area contributed by atoms with Crippen LogP contribution >= 0.6 is 11.8 Å². The molecule has 1 amide bonds. The van der Waals surface area contributed by atoms with E-state index in [4.69, 9.17) is 0 Å². The number of rotatable bonds is 5. The van der Waals surface area contributed by atoms with E-state index < -0.39 is 11.7 Å². The first-order chi connectivity index (χ1) is 14.9. The number of aromatic nitrogens is 2. The third-order valence-corrected chi connectivity index (χ3v) is 5.32. The van der Waals surface area contributed by atoms with Crippen molar-refractivity contribution in [2.24, 2.45) is 12.0 Å². The number of carbonyl (C=O) groups excluding carboxylic acids is 2. The summed E-state index contributed by atoms with van der Waals surface area (Å²) in [4.78, 5) is 31.3. The molecule has 1 aliphatic heterocycles. The van der Waals surface area contributed by atoms with Gasteiger partial charge in [0.2, 0.25) is 5.78 Å². The number of para-hydroxylation sites is 1. The second-order valence-corrected chi connectivity index (χ2v) is 7.44. The van der Waals surface area contributed by atoms with Gasteiger partial charge in [-0.2, -0.15) is 0 Å². The van der Waals surface area contributed by atoms with Crippen molar-refractivity contribution in [3.8, 4) is 5.95 Å². The predicted molar refractivity (Wildman–Crippen MR) is 110 cm³/mol. The van der Waals surface area contributed by atoms with Crippen molar-refractivity contribution in [2.75, 3.05) is 10.7 Å². The minimum atomic E-state index is -0.825. The summed E-state index contributed by atoms with van der Waals surface area (Å²) >= 11 is 1.01. The van der Waals surface area contributed by atoms with E-state index in [1.807, 2.05) is 6.07 Å². The van der Waals surface area contributed by atoms with E-state index in [2.05, 4.69) is 14.8 Å². The van der Waals surface area contributed by atoms with Gasteiger partial charge in [0.15, 0.2) is 18.2 Å². The first-order valence-electron chi connectivity index (χ1n) is 9.08. The first-order valence-corrected chi connectivity index (χ1v) is 10.1. The lowest BCUT2D eigenvalue weighted by Gasteiger charge is -2.17. The molecule has 31 heavy (non-hydrogen) atoms. The lowest BCUT2D eigenvalue weighted by atomic mass is 10.2. The quantitative estimate of drug-likeness (QED) is 0.343. The summed E-state index contributed by atoms with van der Waals surface area (Å²) in [6.45, 7) is 0. The zero-order valence-corrected chi connectivity index (χ0v) is 17.0. The Balaban J connectivity index is 1.63. The summed E-state index contributed by atoms with van der Waals surface area (Å²) in [6, 6.07) is 14.5. The van der Waals surface area contributed by atoms with E-state index in [0.29, 0.717) is 11.3 Å². The van der Waals surface area contributed by atoms with Gasteiger partial charge in [-0.05, 0) is 35.9 Å². The number of hydrogen-bond donors (Lipinski definition) is 0. The van der Waals surface area contributed by atoms with Gasteiger partial charge in [-0.15, -0.1) is 0 Å². The van der Waals surface area contributed by atoms with Crippen molar-refractivity contribution in [1.82, 2.24) is 5.27 Å². The predicted octanol–water partition coefficient (Wildman–Crippen LogP) is 2.07. The Morgan fingerprint density at radius 2 is 1.94 bits per heavy atom. The number of carbonyl (C=O) groups is 2. The number of hydrogen-bond acceptors (Lipinski definition) is 7. The molecule has 0 bridgehead atoms. The van der Waals surface area contributed by atoms with Crippen molar-refractivity contribution < 1.29 is 28.3 Å². The van der Waals surface area contributed by atoms with Crippen LogP contribution in [0.2, 0.25) is 0 Å². The Morgan fingerprint density at radius 1 is 1.23 bits per heavy atom.